The van der Waals surface area contributed by atoms with Gasteiger partial charge in [-0.1, -0.05) is 41.9 Å². The van der Waals surface area contributed by atoms with Crippen LogP contribution in [0.15, 0.2) is 82.0 Å². The van der Waals surface area contributed by atoms with E-state index in [-0.39, 0.29) is 12.5 Å². The van der Waals surface area contributed by atoms with Crippen molar-refractivity contribution >= 4 is 34.2 Å². The SMILES string of the molecule is CC(Oc1ccc2c(-c3ccccc3Cl)cc(=O)oc2c1)C(=O)Nc1ccc(CCO)cc1. The van der Waals surface area contributed by atoms with Gasteiger partial charge in [0.25, 0.3) is 5.91 Å². The third-order valence-corrected chi connectivity index (χ3v) is 5.51. The van der Waals surface area contributed by atoms with Crippen molar-refractivity contribution in [3.63, 3.8) is 0 Å². The minimum absolute atomic E-state index is 0.0718. The standard InChI is InChI=1S/C26H22ClNO5/c1-16(26(31)28-18-8-6-17(7-9-18)12-13-29)32-19-10-11-21-22(15-25(30)33-24(21)14-19)20-4-2-3-5-23(20)27/h2-11,14-16,29H,12-13H2,1H3,(H,28,31). The average Bonchev–Trinajstić information content (AvgIpc) is 2.80. The molecule has 1 aromatic heterocycles. The number of hydrogen-bond donors (Lipinski definition) is 2. The van der Waals surface area contributed by atoms with Gasteiger partial charge in [-0.2, -0.15) is 0 Å². The van der Waals surface area contributed by atoms with Crippen LogP contribution in [0.3, 0.4) is 0 Å². The zero-order chi connectivity index (χ0) is 23.4. The van der Waals surface area contributed by atoms with Crippen LogP contribution in [-0.2, 0) is 11.2 Å². The van der Waals surface area contributed by atoms with Crippen LogP contribution in [0.4, 0.5) is 5.69 Å². The highest BCUT2D eigenvalue weighted by molar-refractivity contribution is 6.33. The fourth-order valence-electron chi connectivity index (χ4n) is 3.50. The summed E-state index contributed by atoms with van der Waals surface area (Å²) in [5, 5.41) is 13.0. The molecule has 1 heterocycles. The lowest BCUT2D eigenvalue weighted by molar-refractivity contribution is -0.122. The number of amides is 1. The molecule has 2 N–H and O–H groups in total. The van der Waals surface area contributed by atoms with Crippen LogP contribution in [0.2, 0.25) is 5.02 Å². The Hall–Kier alpha value is -3.61. The number of aliphatic hydroxyl groups excluding tert-OH is 1. The highest BCUT2D eigenvalue weighted by Crippen LogP contribution is 2.33. The van der Waals surface area contributed by atoms with E-state index in [9.17, 15) is 9.59 Å². The Balaban J connectivity index is 1.53. The number of carbonyl (C=O) groups is 1. The summed E-state index contributed by atoms with van der Waals surface area (Å²) in [5.74, 6) is 0.0687. The summed E-state index contributed by atoms with van der Waals surface area (Å²) in [6.45, 7) is 1.71. The summed E-state index contributed by atoms with van der Waals surface area (Å²) in [6, 6.07) is 21.0. The summed E-state index contributed by atoms with van der Waals surface area (Å²) in [6.07, 6.45) is -0.234. The molecule has 1 amide bonds. The van der Waals surface area contributed by atoms with E-state index in [0.717, 1.165) is 11.1 Å². The average molecular weight is 464 g/mol. The lowest BCUT2D eigenvalue weighted by atomic mass is 10.0. The van der Waals surface area contributed by atoms with Crippen molar-refractivity contribution in [2.75, 3.05) is 11.9 Å². The summed E-state index contributed by atoms with van der Waals surface area (Å²) in [7, 11) is 0. The number of nitrogens with one attached hydrogen (secondary N) is 1. The van der Waals surface area contributed by atoms with E-state index in [2.05, 4.69) is 5.32 Å². The predicted molar refractivity (Wildman–Crippen MR) is 129 cm³/mol. The van der Waals surface area contributed by atoms with Gasteiger partial charge in [-0.05, 0) is 49.2 Å². The Labute approximate surface area is 195 Å². The van der Waals surface area contributed by atoms with Gasteiger partial charge in [-0.15, -0.1) is 0 Å². The van der Waals surface area contributed by atoms with Gasteiger partial charge in [-0.3, -0.25) is 4.79 Å². The van der Waals surface area contributed by atoms with E-state index in [4.69, 9.17) is 25.9 Å². The second kappa shape index (κ2) is 9.90. The van der Waals surface area contributed by atoms with Crippen LogP contribution in [0.5, 0.6) is 5.75 Å². The number of ether oxygens (including phenoxy) is 1. The van der Waals surface area contributed by atoms with Crippen LogP contribution < -0.4 is 15.7 Å². The second-order valence-corrected chi connectivity index (χ2v) is 7.94. The molecule has 0 radical (unpaired) electrons. The monoisotopic (exact) mass is 463 g/mol. The lowest BCUT2D eigenvalue weighted by Crippen LogP contribution is -2.30. The normalized spacial score (nSPS) is 11.8. The maximum absolute atomic E-state index is 12.6. The molecule has 4 rings (SSSR count). The zero-order valence-electron chi connectivity index (χ0n) is 17.9. The Morgan fingerprint density at radius 3 is 2.55 bits per heavy atom. The van der Waals surface area contributed by atoms with Gasteiger partial charge in [-0.25, -0.2) is 4.79 Å². The summed E-state index contributed by atoms with van der Waals surface area (Å²) < 4.78 is 11.2. The molecule has 6 nitrogen and oxygen atoms in total. The minimum atomic E-state index is -0.793. The van der Waals surface area contributed by atoms with Crippen molar-refractivity contribution in [1.29, 1.82) is 0 Å². The first kappa shape index (κ1) is 22.6. The molecule has 0 aliphatic rings. The van der Waals surface area contributed by atoms with Crippen molar-refractivity contribution in [2.45, 2.75) is 19.4 Å². The smallest absolute Gasteiger partial charge is 0.336 e. The molecule has 1 unspecified atom stereocenters. The number of rotatable bonds is 7. The van der Waals surface area contributed by atoms with Gasteiger partial charge in [0.1, 0.15) is 11.3 Å². The van der Waals surface area contributed by atoms with E-state index in [1.807, 2.05) is 30.3 Å². The van der Waals surface area contributed by atoms with Crippen molar-refractivity contribution in [3.05, 3.63) is 93.8 Å². The van der Waals surface area contributed by atoms with E-state index in [0.29, 0.717) is 39.4 Å². The number of anilines is 1. The number of benzene rings is 3. The van der Waals surface area contributed by atoms with Crippen LogP contribution in [0.25, 0.3) is 22.1 Å². The molecule has 0 aliphatic heterocycles. The summed E-state index contributed by atoms with van der Waals surface area (Å²) in [4.78, 5) is 24.7. The molecule has 168 valence electrons. The van der Waals surface area contributed by atoms with Crippen molar-refractivity contribution in [2.24, 2.45) is 0 Å². The van der Waals surface area contributed by atoms with Crippen LogP contribution >= 0.6 is 11.6 Å². The fraction of sp³-hybridized carbons (Fsp3) is 0.154. The van der Waals surface area contributed by atoms with Crippen molar-refractivity contribution in [1.82, 2.24) is 0 Å². The zero-order valence-corrected chi connectivity index (χ0v) is 18.6. The third kappa shape index (κ3) is 5.25. The first-order chi connectivity index (χ1) is 15.9. The molecule has 0 aliphatic carbocycles. The fourth-order valence-corrected chi connectivity index (χ4v) is 3.74. The topological polar surface area (TPSA) is 88.8 Å². The number of carbonyl (C=O) groups excluding carboxylic acids is 1. The molecule has 33 heavy (non-hydrogen) atoms. The van der Waals surface area contributed by atoms with E-state index in [1.54, 1.807) is 43.3 Å². The van der Waals surface area contributed by atoms with E-state index < -0.39 is 11.7 Å². The molecule has 0 spiro atoms. The van der Waals surface area contributed by atoms with Gasteiger partial charge in [0.05, 0.1) is 0 Å². The Morgan fingerprint density at radius 2 is 1.82 bits per heavy atom. The summed E-state index contributed by atoms with van der Waals surface area (Å²) in [5.41, 5.74) is 2.82. The van der Waals surface area contributed by atoms with Gasteiger partial charge < -0.3 is 19.6 Å². The largest absolute Gasteiger partial charge is 0.481 e. The summed E-state index contributed by atoms with van der Waals surface area (Å²) >= 11 is 6.32. The molecule has 0 bridgehead atoms. The molecule has 0 saturated carbocycles. The number of hydrogen-bond acceptors (Lipinski definition) is 5. The molecular formula is C26H22ClNO5. The highest BCUT2D eigenvalue weighted by Gasteiger charge is 2.17. The molecule has 1 atom stereocenters. The molecule has 4 aromatic rings. The molecule has 0 saturated heterocycles. The number of aliphatic hydroxyl groups is 1. The number of halogens is 1. The van der Waals surface area contributed by atoms with Crippen LogP contribution in [-0.4, -0.2) is 23.7 Å². The van der Waals surface area contributed by atoms with E-state index >= 15 is 0 Å². The van der Waals surface area contributed by atoms with Gasteiger partial charge in [0.15, 0.2) is 6.10 Å². The van der Waals surface area contributed by atoms with Crippen LogP contribution in [0, 0.1) is 0 Å². The Morgan fingerprint density at radius 1 is 1.06 bits per heavy atom. The van der Waals surface area contributed by atoms with Gasteiger partial charge in [0, 0.05) is 46.0 Å². The predicted octanol–water partition coefficient (Wildman–Crippen LogP) is 5.05. The molecule has 0 fully saturated rings. The third-order valence-electron chi connectivity index (χ3n) is 5.18. The highest BCUT2D eigenvalue weighted by atomic mass is 35.5. The maximum atomic E-state index is 12.6. The van der Waals surface area contributed by atoms with Gasteiger partial charge >= 0.3 is 5.63 Å². The first-order valence-corrected chi connectivity index (χ1v) is 10.8. The Bertz CT molecular complexity index is 1350. The van der Waals surface area contributed by atoms with Crippen molar-refractivity contribution in [3.8, 4) is 16.9 Å². The Kier molecular flexibility index (Phi) is 6.77. The number of fused-ring (bicyclic) bond motifs is 1. The lowest BCUT2D eigenvalue weighted by Gasteiger charge is -2.15. The molecule has 3 aromatic carbocycles. The maximum Gasteiger partial charge on any atom is 0.336 e. The first-order valence-electron chi connectivity index (χ1n) is 10.4. The molecule has 7 heteroatoms. The second-order valence-electron chi connectivity index (χ2n) is 7.54. The van der Waals surface area contributed by atoms with Crippen molar-refractivity contribution < 1.29 is 19.1 Å². The minimum Gasteiger partial charge on any atom is -0.481 e. The quantitative estimate of drug-likeness (QED) is 0.374. The van der Waals surface area contributed by atoms with E-state index in [1.165, 1.54) is 6.07 Å². The van der Waals surface area contributed by atoms with Crippen LogP contribution in [0.1, 0.15) is 12.5 Å². The molecular weight excluding hydrogens is 442 g/mol. The van der Waals surface area contributed by atoms with Gasteiger partial charge in [0.2, 0.25) is 0 Å².